The number of nitrogens with zero attached hydrogens (tertiary/aromatic N) is 1. The largest absolute Gasteiger partial charge is 0.354 e. The number of halogens is 2. The van der Waals surface area contributed by atoms with Crippen LogP contribution in [0.4, 0.5) is 0 Å². The van der Waals surface area contributed by atoms with Crippen molar-refractivity contribution in [3.8, 4) is 0 Å². The monoisotopic (exact) mass is 325 g/mol. The highest BCUT2D eigenvalue weighted by molar-refractivity contribution is 7.09. The minimum atomic E-state index is 0. The Morgan fingerprint density at radius 3 is 2.89 bits per heavy atom. The normalized spacial score (nSPS) is 18.1. The first-order valence-electron chi connectivity index (χ1n) is 6.18. The summed E-state index contributed by atoms with van der Waals surface area (Å²) in [5, 5.41) is 9.36. The fourth-order valence-corrected chi connectivity index (χ4v) is 2.68. The molecule has 2 heterocycles. The lowest BCUT2D eigenvalue weighted by Gasteiger charge is -2.22. The second kappa shape index (κ2) is 9.53. The van der Waals surface area contributed by atoms with E-state index in [0.29, 0.717) is 6.54 Å². The minimum absolute atomic E-state index is 0. The molecule has 110 valence electrons. The lowest BCUT2D eigenvalue weighted by Crippen LogP contribution is -2.47. The van der Waals surface area contributed by atoms with Crippen molar-refractivity contribution in [2.45, 2.75) is 38.6 Å². The van der Waals surface area contributed by atoms with E-state index >= 15 is 0 Å². The number of carbonyl (C=O) groups is 1. The molecule has 1 aliphatic heterocycles. The van der Waals surface area contributed by atoms with Gasteiger partial charge >= 0.3 is 0 Å². The first kappa shape index (κ1) is 18.6. The average Bonchev–Trinajstić information content (AvgIpc) is 2.76. The maximum Gasteiger partial charge on any atom is 0.237 e. The smallest absolute Gasteiger partial charge is 0.237 e. The van der Waals surface area contributed by atoms with Crippen molar-refractivity contribution in [2.75, 3.05) is 13.1 Å². The average molecular weight is 326 g/mol. The van der Waals surface area contributed by atoms with Crippen molar-refractivity contribution in [3.63, 3.8) is 0 Å². The molecule has 2 rings (SSSR count). The van der Waals surface area contributed by atoms with Crippen LogP contribution in [0.3, 0.4) is 0 Å². The van der Waals surface area contributed by atoms with Crippen molar-refractivity contribution in [1.29, 1.82) is 0 Å². The quantitative estimate of drug-likeness (QED) is 0.891. The number of hydrogen-bond donors (Lipinski definition) is 2. The Labute approximate surface area is 130 Å². The Kier molecular flexibility index (Phi) is 9.35. The Morgan fingerprint density at radius 1 is 1.53 bits per heavy atom. The number of hydrogen-bond acceptors (Lipinski definition) is 4. The van der Waals surface area contributed by atoms with E-state index < -0.39 is 0 Å². The fourth-order valence-electron chi connectivity index (χ4n) is 2.04. The summed E-state index contributed by atoms with van der Waals surface area (Å²) < 4.78 is 0. The van der Waals surface area contributed by atoms with Crippen molar-refractivity contribution < 1.29 is 4.79 Å². The molecule has 0 bridgehead atoms. The molecule has 0 aromatic carbocycles. The van der Waals surface area contributed by atoms with Crippen LogP contribution in [-0.2, 0) is 11.2 Å². The molecule has 0 saturated carbocycles. The molecule has 7 heteroatoms. The van der Waals surface area contributed by atoms with Gasteiger partial charge in [-0.25, -0.2) is 4.98 Å². The van der Waals surface area contributed by atoms with Crippen molar-refractivity contribution >= 4 is 42.1 Å². The molecule has 1 saturated heterocycles. The number of thiazole rings is 1. The topological polar surface area (TPSA) is 54.0 Å². The van der Waals surface area contributed by atoms with Gasteiger partial charge in [-0.3, -0.25) is 4.79 Å². The zero-order valence-corrected chi connectivity index (χ0v) is 13.4. The molecule has 0 spiro atoms. The van der Waals surface area contributed by atoms with E-state index in [2.05, 4.69) is 21.0 Å². The maximum absolute atomic E-state index is 11.8. The second-order valence-corrected chi connectivity index (χ2v) is 5.46. The van der Waals surface area contributed by atoms with Crippen LogP contribution in [0, 0.1) is 6.92 Å². The third-order valence-electron chi connectivity index (χ3n) is 2.97. The Hall–Kier alpha value is -0.360. The van der Waals surface area contributed by atoms with Gasteiger partial charge in [0.1, 0.15) is 0 Å². The predicted molar refractivity (Wildman–Crippen MR) is 83.7 cm³/mol. The summed E-state index contributed by atoms with van der Waals surface area (Å²) in [7, 11) is 0. The number of aromatic nitrogens is 1. The molecular formula is C12H21Cl2N3OS. The third-order valence-corrected chi connectivity index (χ3v) is 3.80. The minimum Gasteiger partial charge on any atom is -0.354 e. The molecule has 1 amide bonds. The number of carbonyl (C=O) groups excluding carboxylic acids is 1. The highest BCUT2D eigenvalue weighted by Gasteiger charge is 2.19. The Balaban J connectivity index is 0.00000162. The molecule has 19 heavy (non-hydrogen) atoms. The van der Waals surface area contributed by atoms with Crippen LogP contribution in [-0.4, -0.2) is 30.0 Å². The van der Waals surface area contributed by atoms with E-state index in [0.717, 1.165) is 36.5 Å². The van der Waals surface area contributed by atoms with Gasteiger partial charge in [-0.15, -0.1) is 36.2 Å². The number of rotatable bonds is 4. The molecular weight excluding hydrogens is 305 g/mol. The van der Waals surface area contributed by atoms with Gasteiger partial charge in [-0.1, -0.05) is 6.42 Å². The van der Waals surface area contributed by atoms with Gasteiger partial charge in [0.05, 0.1) is 16.7 Å². The summed E-state index contributed by atoms with van der Waals surface area (Å²) in [6, 6.07) is 0.0147. The highest BCUT2D eigenvalue weighted by atomic mass is 35.5. The zero-order chi connectivity index (χ0) is 12.1. The lowest BCUT2D eigenvalue weighted by atomic mass is 10.0. The first-order chi connectivity index (χ1) is 8.25. The summed E-state index contributed by atoms with van der Waals surface area (Å²) in [5.41, 5.74) is 1.07. The molecule has 1 fully saturated rings. The summed E-state index contributed by atoms with van der Waals surface area (Å²) in [6.07, 6.45) is 4.11. The number of aryl methyl sites for hydroxylation is 1. The van der Waals surface area contributed by atoms with Gasteiger partial charge in [0.25, 0.3) is 0 Å². The van der Waals surface area contributed by atoms with Crippen LogP contribution in [0.25, 0.3) is 0 Å². The van der Waals surface area contributed by atoms with Crippen LogP contribution in [0.15, 0.2) is 5.38 Å². The molecule has 0 aliphatic carbocycles. The summed E-state index contributed by atoms with van der Waals surface area (Å²) in [4.78, 5) is 16.2. The van der Waals surface area contributed by atoms with E-state index in [1.165, 1.54) is 6.42 Å². The van der Waals surface area contributed by atoms with Crippen LogP contribution in [0.2, 0.25) is 0 Å². The molecule has 1 atom stereocenters. The summed E-state index contributed by atoms with van der Waals surface area (Å²) in [6.45, 7) is 3.64. The highest BCUT2D eigenvalue weighted by Crippen LogP contribution is 2.08. The van der Waals surface area contributed by atoms with E-state index in [1.807, 2.05) is 6.92 Å². The third kappa shape index (κ3) is 6.08. The van der Waals surface area contributed by atoms with Gasteiger partial charge in [-0.2, -0.15) is 0 Å². The van der Waals surface area contributed by atoms with Gasteiger partial charge in [0.15, 0.2) is 0 Å². The number of amides is 1. The Bertz CT molecular complexity index is 381. The van der Waals surface area contributed by atoms with Crippen molar-refractivity contribution in [3.05, 3.63) is 16.1 Å². The molecule has 4 nitrogen and oxygen atoms in total. The zero-order valence-electron chi connectivity index (χ0n) is 11.0. The standard InChI is InChI=1S/C12H19N3OS.2ClH/c1-9-15-10(8-17-9)5-7-14-12(16)11-4-2-3-6-13-11;;/h8,11,13H,2-7H2,1H3,(H,14,16);2*1H. The molecule has 0 radical (unpaired) electrons. The summed E-state index contributed by atoms with van der Waals surface area (Å²) in [5.74, 6) is 0.136. The van der Waals surface area contributed by atoms with E-state index in [4.69, 9.17) is 0 Å². The van der Waals surface area contributed by atoms with Gasteiger partial charge in [-0.05, 0) is 26.3 Å². The van der Waals surface area contributed by atoms with Crippen LogP contribution >= 0.6 is 36.2 Å². The molecule has 1 aliphatic rings. The lowest BCUT2D eigenvalue weighted by molar-refractivity contribution is -0.123. The molecule has 1 aromatic rings. The molecule has 1 unspecified atom stereocenters. The molecule has 1 aromatic heterocycles. The molecule has 2 N–H and O–H groups in total. The van der Waals surface area contributed by atoms with Crippen LogP contribution in [0.5, 0.6) is 0 Å². The van der Waals surface area contributed by atoms with Crippen LogP contribution in [0.1, 0.15) is 30.0 Å². The fraction of sp³-hybridized carbons (Fsp3) is 0.667. The number of piperidine rings is 1. The Morgan fingerprint density at radius 2 is 2.32 bits per heavy atom. The maximum atomic E-state index is 11.8. The van der Waals surface area contributed by atoms with Gasteiger partial charge in [0, 0.05) is 18.3 Å². The van der Waals surface area contributed by atoms with Crippen molar-refractivity contribution in [1.82, 2.24) is 15.6 Å². The van der Waals surface area contributed by atoms with Gasteiger partial charge in [0.2, 0.25) is 5.91 Å². The second-order valence-electron chi connectivity index (χ2n) is 4.40. The van der Waals surface area contributed by atoms with E-state index in [-0.39, 0.29) is 36.8 Å². The van der Waals surface area contributed by atoms with Crippen molar-refractivity contribution in [2.24, 2.45) is 0 Å². The van der Waals surface area contributed by atoms with Gasteiger partial charge < -0.3 is 10.6 Å². The summed E-state index contributed by atoms with van der Waals surface area (Å²) >= 11 is 1.66. The predicted octanol–water partition coefficient (Wildman–Crippen LogP) is 2.10. The van der Waals surface area contributed by atoms with Crippen LogP contribution < -0.4 is 10.6 Å². The van der Waals surface area contributed by atoms with E-state index in [9.17, 15) is 4.79 Å². The SMILES string of the molecule is Cc1nc(CCNC(=O)C2CCCCN2)cs1.Cl.Cl. The first-order valence-corrected chi connectivity index (χ1v) is 7.06. The number of nitrogens with one attached hydrogen (secondary N) is 2. The van der Waals surface area contributed by atoms with E-state index in [1.54, 1.807) is 11.3 Å².